The third-order valence-corrected chi connectivity index (χ3v) is 9.70. The molecular weight excluding hydrogens is 569 g/mol. The van der Waals surface area contributed by atoms with Gasteiger partial charge in [-0.15, -0.1) is 0 Å². The molecule has 0 saturated heterocycles. The van der Waals surface area contributed by atoms with E-state index in [9.17, 15) is 0 Å². The highest BCUT2D eigenvalue weighted by Crippen LogP contribution is 2.48. The Morgan fingerprint density at radius 1 is 0.489 bits per heavy atom. The Balaban J connectivity index is 1.32. The predicted octanol–water partition coefficient (Wildman–Crippen LogP) is 13.3. The Hall–Kier alpha value is -5.66. The SMILES string of the molecule is [2H]c1ccc2cc(-c3cccc(-c4c5ccccc5c(-c5cccc6oc7c(C(C)(C)C)cccc7c56)c5ccccc45)c3)ccc2c1. The summed E-state index contributed by atoms with van der Waals surface area (Å²) in [6.07, 6.45) is 0. The smallest absolute Gasteiger partial charge is 0.139 e. The van der Waals surface area contributed by atoms with E-state index < -0.39 is 0 Å². The molecule has 224 valence electrons. The molecule has 0 bridgehead atoms. The first-order valence-corrected chi connectivity index (χ1v) is 16.3. The molecule has 0 aliphatic heterocycles. The van der Waals surface area contributed by atoms with E-state index in [-0.39, 0.29) is 5.41 Å². The molecule has 0 fully saturated rings. The number of para-hydroxylation sites is 1. The highest BCUT2D eigenvalue weighted by Gasteiger charge is 2.24. The fraction of sp³-hybridized carbons (Fsp3) is 0.0870. The van der Waals surface area contributed by atoms with Gasteiger partial charge in [-0.05, 0) is 89.3 Å². The summed E-state index contributed by atoms with van der Waals surface area (Å²) in [5.74, 6) is 0. The van der Waals surface area contributed by atoms with E-state index in [1.54, 1.807) is 0 Å². The maximum atomic E-state index is 8.01. The van der Waals surface area contributed by atoms with Crippen molar-refractivity contribution in [2.75, 3.05) is 0 Å². The second-order valence-electron chi connectivity index (χ2n) is 13.6. The Kier molecular flexibility index (Phi) is 5.90. The lowest BCUT2D eigenvalue weighted by Gasteiger charge is -2.19. The zero-order valence-corrected chi connectivity index (χ0v) is 26.8. The van der Waals surface area contributed by atoms with E-state index in [0.29, 0.717) is 6.04 Å². The van der Waals surface area contributed by atoms with Crippen molar-refractivity contribution in [2.45, 2.75) is 26.2 Å². The Labute approximate surface area is 276 Å². The quantitative estimate of drug-likeness (QED) is 0.183. The predicted molar refractivity (Wildman–Crippen MR) is 201 cm³/mol. The van der Waals surface area contributed by atoms with Gasteiger partial charge in [-0.1, -0.05) is 154 Å². The minimum atomic E-state index is -0.0402. The van der Waals surface area contributed by atoms with E-state index in [0.717, 1.165) is 32.7 Å². The minimum absolute atomic E-state index is 0.0402. The van der Waals surface area contributed by atoms with Crippen molar-refractivity contribution in [3.05, 3.63) is 157 Å². The number of fused-ring (bicyclic) bond motifs is 6. The van der Waals surface area contributed by atoms with Crippen LogP contribution in [-0.2, 0) is 5.41 Å². The first-order valence-electron chi connectivity index (χ1n) is 16.8. The minimum Gasteiger partial charge on any atom is -0.456 e. The van der Waals surface area contributed by atoms with E-state index in [4.69, 9.17) is 5.79 Å². The molecule has 0 spiro atoms. The van der Waals surface area contributed by atoms with Crippen LogP contribution in [0.1, 0.15) is 27.7 Å². The molecule has 9 rings (SSSR count). The van der Waals surface area contributed by atoms with Gasteiger partial charge in [0.1, 0.15) is 11.2 Å². The van der Waals surface area contributed by atoms with E-state index in [1.807, 2.05) is 18.2 Å². The van der Waals surface area contributed by atoms with Crippen LogP contribution in [0.15, 0.2) is 156 Å². The van der Waals surface area contributed by atoms with Gasteiger partial charge in [-0.25, -0.2) is 0 Å². The molecule has 1 heteroatoms. The standard InChI is InChI=1S/C46H34O/c1-46(2,3)40-23-11-22-39-44-38(21-12-24-41(44)47-45(39)40)43-36-19-8-6-17-34(36)42(35-18-7-9-20-37(35)43)33-16-10-15-31(28-33)32-26-25-29-13-4-5-14-30(29)27-32/h4-28H,1-3H3/i4D. The molecule has 0 aliphatic carbocycles. The summed E-state index contributed by atoms with van der Waals surface area (Å²) in [6.45, 7) is 6.75. The molecule has 1 aromatic heterocycles. The first kappa shape index (κ1) is 26.5. The van der Waals surface area contributed by atoms with Crippen LogP contribution in [0.25, 0.3) is 87.6 Å². The molecule has 0 unspecified atom stereocenters. The van der Waals surface area contributed by atoms with Gasteiger partial charge in [-0.2, -0.15) is 0 Å². The molecule has 0 amide bonds. The fourth-order valence-corrected chi connectivity index (χ4v) is 7.54. The van der Waals surface area contributed by atoms with Gasteiger partial charge in [0.05, 0.1) is 1.37 Å². The monoisotopic (exact) mass is 603 g/mol. The average molecular weight is 604 g/mol. The molecule has 0 saturated carbocycles. The van der Waals surface area contributed by atoms with Crippen LogP contribution in [0, 0.1) is 0 Å². The largest absolute Gasteiger partial charge is 0.456 e. The highest BCUT2D eigenvalue weighted by molar-refractivity contribution is 6.25. The van der Waals surface area contributed by atoms with Crippen LogP contribution in [-0.4, -0.2) is 0 Å². The lowest BCUT2D eigenvalue weighted by molar-refractivity contribution is 0.573. The van der Waals surface area contributed by atoms with Crippen molar-refractivity contribution in [3.8, 4) is 33.4 Å². The summed E-state index contributed by atoms with van der Waals surface area (Å²) >= 11 is 0. The molecule has 1 heterocycles. The number of hydrogen-bond donors (Lipinski definition) is 0. The number of rotatable bonds is 3. The van der Waals surface area contributed by atoms with E-state index in [2.05, 4.69) is 148 Å². The maximum absolute atomic E-state index is 8.01. The molecule has 0 atom stereocenters. The van der Waals surface area contributed by atoms with Gasteiger partial charge < -0.3 is 4.42 Å². The first-order chi connectivity index (χ1) is 23.3. The second kappa shape index (κ2) is 10.4. The van der Waals surface area contributed by atoms with E-state index in [1.165, 1.54) is 60.5 Å². The summed E-state index contributed by atoms with van der Waals surface area (Å²) in [6, 6.07) is 52.6. The van der Waals surface area contributed by atoms with Gasteiger partial charge in [0.25, 0.3) is 0 Å². The van der Waals surface area contributed by atoms with Crippen LogP contribution in [0.4, 0.5) is 0 Å². The summed E-state index contributed by atoms with van der Waals surface area (Å²) < 4.78 is 14.7. The third-order valence-electron chi connectivity index (χ3n) is 9.70. The number of furan rings is 1. The highest BCUT2D eigenvalue weighted by atomic mass is 16.3. The molecule has 0 radical (unpaired) electrons. The molecule has 0 aliphatic rings. The summed E-state index contributed by atoms with van der Waals surface area (Å²) in [5, 5.41) is 9.46. The van der Waals surface area contributed by atoms with Crippen molar-refractivity contribution in [3.63, 3.8) is 0 Å². The van der Waals surface area contributed by atoms with Crippen molar-refractivity contribution < 1.29 is 5.79 Å². The average Bonchev–Trinajstić information content (AvgIpc) is 3.49. The van der Waals surface area contributed by atoms with Gasteiger partial charge >= 0.3 is 0 Å². The van der Waals surface area contributed by atoms with Crippen LogP contribution < -0.4 is 0 Å². The van der Waals surface area contributed by atoms with Gasteiger partial charge in [0.15, 0.2) is 0 Å². The van der Waals surface area contributed by atoms with Crippen molar-refractivity contribution in [1.82, 2.24) is 0 Å². The van der Waals surface area contributed by atoms with Gasteiger partial charge in [0, 0.05) is 16.3 Å². The van der Waals surface area contributed by atoms with Gasteiger partial charge in [0.2, 0.25) is 0 Å². The topological polar surface area (TPSA) is 13.1 Å². The number of hydrogen-bond acceptors (Lipinski definition) is 1. The van der Waals surface area contributed by atoms with Crippen molar-refractivity contribution in [1.29, 1.82) is 0 Å². The van der Waals surface area contributed by atoms with Crippen LogP contribution in [0.3, 0.4) is 0 Å². The summed E-state index contributed by atoms with van der Waals surface area (Å²) in [7, 11) is 0. The molecular formula is C46H34O. The van der Waals surface area contributed by atoms with Crippen LogP contribution in [0.2, 0.25) is 0 Å². The zero-order chi connectivity index (χ0) is 32.6. The lowest BCUT2D eigenvalue weighted by Crippen LogP contribution is -2.10. The molecule has 47 heavy (non-hydrogen) atoms. The maximum Gasteiger partial charge on any atom is 0.139 e. The molecule has 8 aromatic carbocycles. The van der Waals surface area contributed by atoms with Crippen molar-refractivity contribution >= 4 is 54.3 Å². The van der Waals surface area contributed by atoms with Crippen LogP contribution in [0.5, 0.6) is 0 Å². The Morgan fingerprint density at radius 2 is 1.13 bits per heavy atom. The van der Waals surface area contributed by atoms with Crippen molar-refractivity contribution in [2.24, 2.45) is 0 Å². The van der Waals surface area contributed by atoms with Crippen LogP contribution >= 0.6 is 0 Å². The third kappa shape index (κ3) is 4.38. The summed E-state index contributed by atoms with van der Waals surface area (Å²) in [4.78, 5) is 0. The van der Waals surface area contributed by atoms with Gasteiger partial charge in [-0.3, -0.25) is 0 Å². The van der Waals surface area contributed by atoms with E-state index >= 15 is 0 Å². The molecule has 9 aromatic rings. The fourth-order valence-electron chi connectivity index (χ4n) is 7.54. The normalized spacial score (nSPS) is 12.4. The molecule has 1 nitrogen and oxygen atoms in total. The molecule has 0 N–H and O–H groups in total. The Bertz CT molecular complexity index is 2670. The Morgan fingerprint density at radius 3 is 1.87 bits per heavy atom. The number of benzene rings is 8. The summed E-state index contributed by atoms with van der Waals surface area (Å²) in [5.41, 5.74) is 10.3. The lowest BCUT2D eigenvalue weighted by atomic mass is 9.83. The second-order valence-corrected chi connectivity index (χ2v) is 13.6. The zero-order valence-electron chi connectivity index (χ0n) is 27.8.